The highest BCUT2D eigenvalue weighted by Gasteiger charge is 2.40. The molecule has 1 aliphatic rings. The molecule has 0 aliphatic carbocycles. The summed E-state index contributed by atoms with van der Waals surface area (Å²) >= 11 is 0. The molecule has 1 aromatic rings. The van der Waals surface area contributed by atoms with E-state index in [1.54, 1.807) is 43.7 Å². The number of carbonyl (C=O) groups excluding carboxylic acids is 1. The zero-order chi connectivity index (χ0) is 16.2. The Morgan fingerprint density at radius 3 is 2.73 bits per heavy atom. The summed E-state index contributed by atoms with van der Waals surface area (Å²) in [5.74, 6) is -0.938. The summed E-state index contributed by atoms with van der Waals surface area (Å²) < 4.78 is 23.0. The molecule has 1 aromatic carbocycles. The minimum atomic E-state index is -2.46. The van der Waals surface area contributed by atoms with E-state index in [9.17, 15) is 9.36 Å². The molecule has 0 saturated carbocycles. The zero-order valence-electron chi connectivity index (χ0n) is 12.5. The number of benzene rings is 1. The van der Waals surface area contributed by atoms with Crippen molar-refractivity contribution in [3.8, 4) is 0 Å². The summed E-state index contributed by atoms with van der Waals surface area (Å²) in [6.45, 7) is 3.22. The van der Waals surface area contributed by atoms with E-state index < -0.39 is 31.1 Å². The fraction of sp³-hybridized carbons (Fsp3) is 0.500. The summed E-state index contributed by atoms with van der Waals surface area (Å²) in [6.07, 6.45) is -0.191. The average molecular weight is 323 g/mol. The lowest BCUT2D eigenvalue weighted by molar-refractivity contribution is 0.00616. The van der Waals surface area contributed by atoms with Crippen LogP contribution in [0.1, 0.15) is 16.8 Å². The van der Waals surface area contributed by atoms with Crippen LogP contribution in [0, 0.1) is 0 Å². The third-order valence-corrected chi connectivity index (χ3v) is 5.21. The van der Waals surface area contributed by atoms with Crippen LogP contribution in [0.4, 0.5) is 0 Å². The first kappa shape index (κ1) is 16.6. The van der Waals surface area contributed by atoms with E-state index in [-0.39, 0.29) is 6.61 Å². The van der Waals surface area contributed by atoms with Gasteiger partial charge in [0.05, 0.1) is 11.6 Å². The van der Waals surface area contributed by atoms with Gasteiger partial charge in [-0.25, -0.2) is 4.79 Å². The molecule has 1 aliphatic heterocycles. The van der Waals surface area contributed by atoms with Crippen LogP contribution in [0.5, 0.6) is 0 Å². The molecule has 8 heteroatoms. The fourth-order valence-corrected chi connectivity index (χ4v) is 3.43. The lowest BCUT2D eigenvalue weighted by atomic mass is 10.1. The van der Waals surface area contributed by atoms with E-state index in [4.69, 9.17) is 15.0 Å². The topological polar surface area (TPSA) is 101 Å². The predicted molar refractivity (Wildman–Crippen MR) is 82.4 cm³/mol. The lowest BCUT2D eigenvalue weighted by Gasteiger charge is -2.17. The first-order chi connectivity index (χ1) is 10.4. The molecule has 22 heavy (non-hydrogen) atoms. The number of esters is 1. The SMILES string of the molecule is CP(C)(=O)[C@H]1C[C@@H](N=[N+]=[N-])[C@@H](COC(=O)c2ccccc2)O1. The molecule has 0 N–H and O–H groups in total. The van der Waals surface area contributed by atoms with Gasteiger partial charge in [0.1, 0.15) is 25.7 Å². The molecular weight excluding hydrogens is 305 g/mol. The van der Waals surface area contributed by atoms with Crippen LogP contribution in [-0.4, -0.2) is 43.9 Å². The van der Waals surface area contributed by atoms with Crippen LogP contribution in [0.2, 0.25) is 0 Å². The number of hydrogen-bond donors (Lipinski definition) is 0. The van der Waals surface area contributed by atoms with Gasteiger partial charge < -0.3 is 14.0 Å². The Morgan fingerprint density at radius 2 is 2.14 bits per heavy atom. The largest absolute Gasteiger partial charge is 0.459 e. The molecule has 1 saturated heterocycles. The van der Waals surface area contributed by atoms with Crippen LogP contribution in [-0.2, 0) is 14.0 Å². The predicted octanol–water partition coefficient (Wildman–Crippen LogP) is 3.26. The van der Waals surface area contributed by atoms with Gasteiger partial charge in [-0.3, -0.25) is 0 Å². The number of hydrogen-bond acceptors (Lipinski definition) is 5. The third kappa shape index (κ3) is 4.10. The second-order valence-electron chi connectivity index (χ2n) is 5.54. The first-order valence-electron chi connectivity index (χ1n) is 6.88. The molecular formula is C14H18N3O4P. The Hall–Kier alpha value is -1.81. The van der Waals surface area contributed by atoms with Crippen molar-refractivity contribution in [3.05, 3.63) is 46.3 Å². The third-order valence-electron chi connectivity index (χ3n) is 3.49. The lowest BCUT2D eigenvalue weighted by Crippen LogP contribution is -2.27. The normalized spacial score (nSPS) is 24.5. The summed E-state index contributed by atoms with van der Waals surface area (Å²) in [5, 5.41) is 3.66. The van der Waals surface area contributed by atoms with Crippen molar-refractivity contribution in [1.82, 2.24) is 0 Å². The molecule has 0 unspecified atom stereocenters. The van der Waals surface area contributed by atoms with Gasteiger partial charge in [-0.15, -0.1) is 0 Å². The maximum Gasteiger partial charge on any atom is 0.338 e. The van der Waals surface area contributed by atoms with E-state index >= 15 is 0 Å². The molecule has 0 spiro atoms. The molecule has 0 aromatic heterocycles. The van der Waals surface area contributed by atoms with E-state index in [2.05, 4.69) is 10.0 Å². The van der Waals surface area contributed by atoms with E-state index in [0.717, 1.165) is 0 Å². The summed E-state index contributed by atoms with van der Waals surface area (Å²) in [7, 11) is -2.46. The highest BCUT2D eigenvalue weighted by molar-refractivity contribution is 7.62. The van der Waals surface area contributed by atoms with Crippen molar-refractivity contribution in [2.75, 3.05) is 19.9 Å². The van der Waals surface area contributed by atoms with Crippen molar-refractivity contribution >= 4 is 13.1 Å². The van der Waals surface area contributed by atoms with Crippen molar-refractivity contribution in [3.63, 3.8) is 0 Å². The molecule has 7 nitrogen and oxygen atoms in total. The van der Waals surface area contributed by atoms with Crippen molar-refractivity contribution in [2.45, 2.75) is 24.4 Å². The number of rotatable bonds is 5. The van der Waals surface area contributed by atoms with Crippen LogP contribution in [0.25, 0.3) is 10.4 Å². The standard InChI is InChI=1S/C14H18N3O4P/c1-22(2,19)13-8-11(16-17-15)12(21-13)9-20-14(18)10-6-4-3-5-7-10/h3-7,11-13H,8-9H2,1-2H3/t11-,12-,13+/m1/s1. The van der Waals surface area contributed by atoms with Gasteiger partial charge in [0.2, 0.25) is 0 Å². The summed E-state index contributed by atoms with van der Waals surface area (Å²) in [6, 6.07) is 8.11. The van der Waals surface area contributed by atoms with Crippen molar-refractivity contribution in [2.24, 2.45) is 5.11 Å². The van der Waals surface area contributed by atoms with Crippen LogP contribution >= 0.6 is 7.14 Å². The van der Waals surface area contributed by atoms with Gasteiger partial charge in [0, 0.05) is 4.91 Å². The Balaban J connectivity index is 2.00. The fourth-order valence-electron chi connectivity index (χ4n) is 2.26. The minimum Gasteiger partial charge on any atom is -0.459 e. The smallest absolute Gasteiger partial charge is 0.338 e. The molecule has 0 bridgehead atoms. The van der Waals surface area contributed by atoms with Gasteiger partial charge in [-0.05, 0) is 37.4 Å². The maximum atomic E-state index is 12.1. The van der Waals surface area contributed by atoms with Crippen LogP contribution in [0.3, 0.4) is 0 Å². The Bertz CT molecular complexity index is 624. The molecule has 1 fully saturated rings. The number of carbonyl (C=O) groups is 1. The highest BCUT2D eigenvalue weighted by Crippen LogP contribution is 2.49. The molecule has 2 rings (SSSR count). The Morgan fingerprint density at radius 1 is 1.45 bits per heavy atom. The van der Waals surface area contributed by atoms with Crippen molar-refractivity contribution < 1.29 is 18.8 Å². The molecule has 0 amide bonds. The van der Waals surface area contributed by atoms with Gasteiger partial charge in [0.15, 0.2) is 0 Å². The maximum absolute atomic E-state index is 12.1. The highest BCUT2D eigenvalue weighted by atomic mass is 31.2. The van der Waals surface area contributed by atoms with Gasteiger partial charge in [-0.1, -0.05) is 23.3 Å². The number of azide groups is 1. The quantitative estimate of drug-likeness (QED) is 0.273. The van der Waals surface area contributed by atoms with Gasteiger partial charge in [0.25, 0.3) is 0 Å². The summed E-state index contributed by atoms with van der Waals surface area (Å²) in [5.41, 5.74) is 9.05. The van der Waals surface area contributed by atoms with E-state index in [1.807, 2.05) is 0 Å². The Kier molecular flexibility index (Phi) is 5.24. The second-order valence-corrected chi connectivity index (χ2v) is 8.98. The summed E-state index contributed by atoms with van der Waals surface area (Å²) in [4.78, 5) is 14.7. The van der Waals surface area contributed by atoms with Crippen LogP contribution in [0.15, 0.2) is 35.4 Å². The second kappa shape index (κ2) is 6.97. The molecule has 3 atom stereocenters. The van der Waals surface area contributed by atoms with Crippen LogP contribution < -0.4 is 0 Å². The molecule has 1 heterocycles. The monoisotopic (exact) mass is 323 g/mol. The Labute approximate surface area is 128 Å². The van der Waals surface area contributed by atoms with Gasteiger partial charge in [-0.2, -0.15) is 0 Å². The minimum absolute atomic E-state index is 0.0338. The average Bonchev–Trinajstić information content (AvgIpc) is 2.89. The number of ether oxygens (including phenoxy) is 2. The molecule has 0 radical (unpaired) electrons. The van der Waals surface area contributed by atoms with Crippen molar-refractivity contribution in [1.29, 1.82) is 0 Å². The number of nitrogens with zero attached hydrogens (tertiary/aromatic N) is 3. The first-order valence-corrected chi connectivity index (χ1v) is 9.55. The van der Waals surface area contributed by atoms with Gasteiger partial charge >= 0.3 is 5.97 Å². The van der Waals surface area contributed by atoms with E-state index in [0.29, 0.717) is 12.0 Å². The molecule has 118 valence electrons. The zero-order valence-corrected chi connectivity index (χ0v) is 13.3. The van der Waals surface area contributed by atoms with E-state index in [1.165, 1.54) is 0 Å².